The van der Waals surface area contributed by atoms with Gasteiger partial charge in [0.05, 0.1) is 11.3 Å². The molecule has 0 radical (unpaired) electrons. The second-order valence-corrected chi connectivity index (χ2v) is 6.59. The first kappa shape index (κ1) is 20.5. The lowest BCUT2D eigenvalue weighted by atomic mass is 10.1. The summed E-state index contributed by atoms with van der Waals surface area (Å²) < 4.78 is 63.0. The van der Waals surface area contributed by atoms with Gasteiger partial charge in [-0.2, -0.15) is 13.2 Å². The highest BCUT2D eigenvalue weighted by Gasteiger charge is 2.49. The van der Waals surface area contributed by atoms with Crippen LogP contribution in [0.2, 0.25) is 0 Å². The lowest BCUT2D eigenvalue weighted by molar-refractivity contribution is -0.281. The van der Waals surface area contributed by atoms with Crippen molar-refractivity contribution >= 4 is 17.3 Å². The lowest BCUT2D eigenvalue weighted by Crippen LogP contribution is -2.43. The van der Waals surface area contributed by atoms with Gasteiger partial charge >= 0.3 is 12.5 Å². The summed E-state index contributed by atoms with van der Waals surface area (Å²) in [6.07, 6.45) is -4.04. The number of halogens is 4. The fourth-order valence-electron chi connectivity index (χ4n) is 2.90. The first-order chi connectivity index (χ1) is 14.8. The molecule has 1 atom stereocenters. The standard InChI is InChI=1S/C21H15F4N3O3/c22-14-9-17-18(31-21(24,25)20(23)30-17)10-16(14)28-19(29)13-3-1-2-4-15(13)27-11-12-5-7-26-8-6-12/h1-10,20,27H,11H2,(H,28,29). The van der Waals surface area contributed by atoms with E-state index in [1.54, 1.807) is 42.7 Å². The number of aromatic nitrogens is 1. The van der Waals surface area contributed by atoms with Gasteiger partial charge in [-0.25, -0.2) is 4.39 Å². The monoisotopic (exact) mass is 433 g/mol. The Kier molecular flexibility index (Phi) is 5.37. The van der Waals surface area contributed by atoms with E-state index in [-0.39, 0.29) is 5.56 Å². The third-order valence-corrected chi connectivity index (χ3v) is 4.43. The van der Waals surface area contributed by atoms with Crippen molar-refractivity contribution < 1.29 is 31.8 Å². The van der Waals surface area contributed by atoms with Crippen molar-refractivity contribution in [2.75, 3.05) is 10.6 Å². The normalized spacial score (nSPS) is 16.5. The first-order valence-corrected chi connectivity index (χ1v) is 9.08. The molecule has 10 heteroatoms. The van der Waals surface area contributed by atoms with E-state index in [2.05, 4.69) is 25.1 Å². The molecule has 0 saturated carbocycles. The molecule has 2 heterocycles. The number of pyridine rings is 1. The zero-order valence-corrected chi connectivity index (χ0v) is 15.7. The number of hydrogen-bond acceptors (Lipinski definition) is 5. The molecule has 1 unspecified atom stereocenters. The molecule has 31 heavy (non-hydrogen) atoms. The molecule has 2 aromatic carbocycles. The maximum Gasteiger partial charge on any atom is 0.468 e. The zero-order valence-electron chi connectivity index (χ0n) is 15.7. The number of nitrogens with one attached hydrogen (secondary N) is 2. The van der Waals surface area contributed by atoms with Gasteiger partial charge in [0, 0.05) is 36.8 Å². The Morgan fingerprint density at radius 2 is 1.81 bits per heavy atom. The van der Waals surface area contributed by atoms with Gasteiger partial charge in [0.1, 0.15) is 0 Å². The van der Waals surface area contributed by atoms with Gasteiger partial charge in [-0.05, 0) is 29.8 Å². The van der Waals surface area contributed by atoms with Crippen molar-refractivity contribution in [1.82, 2.24) is 4.98 Å². The van der Waals surface area contributed by atoms with Gasteiger partial charge < -0.3 is 20.1 Å². The number of benzene rings is 2. The van der Waals surface area contributed by atoms with Crippen molar-refractivity contribution in [3.8, 4) is 11.5 Å². The van der Waals surface area contributed by atoms with Crippen LogP contribution in [0.5, 0.6) is 11.5 Å². The van der Waals surface area contributed by atoms with Crippen molar-refractivity contribution in [3.05, 3.63) is 77.9 Å². The number of alkyl halides is 3. The van der Waals surface area contributed by atoms with Crippen LogP contribution < -0.4 is 20.1 Å². The number of para-hydroxylation sites is 1. The largest absolute Gasteiger partial charge is 0.468 e. The molecule has 4 rings (SSSR count). The minimum absolute atomic E-state index is 0.194. The van der Waals surface area contributed by atoms with Crippen LogP contribution in [0.15, 0.2) is 60.9 Å². The van der Waals surface area contributed by atoms with Crippen LogP contribution in [-0.2, 0) is 6.54 Å². The molecule has 0 fully saturated rings. The summed E-state index contributed by atoms with van der Waals surface area (Å²) in [7, 11) is 0. The summed E-state index contributed by atoms with van der Waals surface area (Å²) in [6.45, 7) is 0.407. The number of amides is 1. The number of hydrogen-bond donors (Lipinski definition) is 2. The Labute approximate surface area is 173 Å². The minimum Gasteiger partial charge on any atom is -0.447 e. The number of carbonyl (C=O) groups excluding carboxylic acids is 1. The fraction of sp³-hybridized carbons (Fsp3) is 0.143. The van der Waals surface area contributed by atoms with Crippen molar-refractivity contribution in [2.45, 2.75) is 19.0 Å². The number of fused-ring (bicyclic) bond motifs is 1. The van der Waals surface area contributed by atoms with Crippen LogP contribution in [0.1, 0.15) is 15.9 Å². The molecule has 1 aromatic heterocycles. The number of nitrogens with zero attached hydrogens (tertiary/aromatic N) is 1. The molecule has 1 aliphatic heterocycles. The van der Waals surface area contributed by atoms with E-state index in [0.29, 0.717) is 18.3 Å². The van der Waals surface area contributed by atoms with Crippen LogP contribution in [0.3, 0.4) is 0 Å². The van der Waals surface area contributed by atoms with E-state index in [0.717, 1.165) is 11.6 Å². The van der Waals surface area contributed by atoms with E-state index in [9.17, 15) is 22.4 Å². The quantitative estimate of drug-likeness (QED) is 0.569. The average molecular weight is 433 g/mol. The molecular formula is C21H15F4N3O3. The second kappa shape index (κ2) is 8.13. The van der Waals surface area contributed by atoms with Crippen molar-refractivity contribution in [1.29, 1.82) is 0 Å². The van der Waals surface area contributed by atoms with Crippen LogP contribution in [0.25, 0.3) is 0 Å². The number of ether oxygens (including phenoxy) is 2. The number of anilines is 2. The van der Waals surface area contributed by atoms with E-state index >= 15 is 0 Å². The maximum atomic E-state index is 14.4. The molecule has 0 spiro atoms. The van der Waals surface area contributed by atoms with E-state index in [4.69, 9.17) is 0 Å². The molecule has 1 aliphatic rings. The highest BCUT2D eigenvalue weighted by Crippen LogP contribution is 2.42. The smallest absolute Gasteiger partial charge is 0.447 e. The van der Waals surface area contributed by atoms with Crippen LogP contribution in [0.4, 0.5) is 28.9 Å². The van der Waals surface area contributed by atoms with Crippen LogP contribution in [-0.4, -0.2) is 23.4 Å². The number of rotatable bonds is 5. The summed E-state index contributed by atoms with van der Waals surface area (Å²) in [5.74, 6) is -2.83. The Bertz CT molecular complexity index is 1110. The van der Waals surface area contributed by atoms with Crippen molar-refractivity contribution in [2.24, 2.45) is 0 Å². The van der Waals surface area contributed by atoms with Gasteiger partial charge in [0.15, 0.2) is 17.3 Å². The van der Waals surface area contributed by atoms with Gasteiger partial charge in [0.25, 0.3) is 5.91 Å². The minimum atomic E-state index is -4.24. The van der Waals surface area contributed by atoms with Gasteiger partial charge in [-0.3, -0.25) is 9.78 Å². The lowest BCUT2D eigenvalue weighted by Gasteiger charge is -2.28. The molecule has 0 aliphatic carbocycles. The molecule has 1 amide bonds. The topological polar surface area (TPSA) is 72.5 Å². The van der Waals surface area contributed by atoms with E-state index in [1.807, 2.05) is 0 Å². The van der Waals surface area contributed by atoms with Gasteiger partial charge in [-0.15, -0.1) is 0 Å². The average Bonchev–Trinajstić information content (AvgIpc) is 2.75. The summed E-state index contributed by atoms with van der Waals surface area (Å²) in [4.78, 5) is 16.7. The third kappa shape index (κ3) is 4.37. The Morgan fingerprint density at radius 1 is 1.06 bits per heavy atom. The third-order valence-electron chi connectivity index (χ3n) is 4.43. The molecular weight excluding hydrogens is 418 g/mol. The summed E-state index contributed by atoms with van der Waals surface area (Å²) in [5.41, 5.74) is 1.17. The van der Waals surface area contributed by atoms with E-state index < -0.39 is 41.4 Å². The predicted molar refractivity (Wildman–Crippen MR) is 103 cm³/mol. The highest BCUT2D eigenvalue weighted by molar-refractivity contribution is 6.08. The molecule has 160 valence electrons. The Balaban J connectivity index is 1.54. The first-order valence-electron chi connectivity index (χ1n) is 9.08. The summed E-state index contributed by atoms with van der Waals surface area (Å²) in [5, 5.41) is 5.42. The van der Waals surface area contributed by atoms with Crippen LogP contribution in [0, 0.1) is 5.82 Å². The van der Waals surface area contributed by atoms with E-state index in [1.165, 1.54) is 6.07 Å². The molecule has 3 aromatic rings. The molecule has 2 N–H and O–H groups in total. The predicted octanol–water partition coefficient (Wildman–Crippen LogP) is 4.74. The molecule has 0 saturated heterocycles. The second-order valence-electron chi connectivity index (χ2n) is 6.59. The SMILES string of the molecule is O=C(Nc1cc2c(cc1F)OC(F)C(F)(F)O2)c1ccccc1NCc1ccncc1. The summed E-state index contributed by atoms with van der Waals surface area (Å²) >= 11 is 0. The van der Waals surface area contributed by atoms with Crippen LogP contribution >= 0.6 is 0 Å². The number of carbonyl (C=O) groups is 1. The van der Waals surface area contributed by atoms with Gasteiger partial charge in [0.2, 0.25) is 0 Å². The Morgan fingerprint density at radius 3 is 2.58 bits per heavy atom. The highest BCUT2D eigenvalue weighted by atomic mass is 19.3. The van der Waals surface area contributed by atoms with Gasteiger partial charge in [-0.1, -0.05) is 12.1 Å². The molecule has 6 nitrogen and oxygen atoms in total. The maximum absolute atomic E-state index is 14.4. The van der Waals surface area contributed by atoms with Crippen molar-refractivity contribution in [3.63, 3.8) is 0 Å². The molecule has 0 bridgehead atoms. The zero-order chi connectivity index (χ0) is 22.0. The Hall–Kier alpha value is -3.82. The fourth-order valence-corrected chi connectivity index (χ4v) is 2.90. The summed E-state index contributed by atoms with van der Waals surface area (Å²) in [6, 6.07) is 11.6.